The van der Waals surface area contributed by atoms with Gasteiger partial charge in [-0.1, -0.05) is 42.1 Å². The number of aromatic nitrogens is 3. The predicted octanol–water partition coefficient (Wildman–Crippen LogP) is 5.78. The van der Waals surface area contributed by atoms with Crippen LogP contribution in [0, 0.1) is 0 Å². The summed E-state index contributed by atoms with van der Waals surface area (Å²) in [5.41, 5.74) is 3.19. The summed E-state index contributed by atoms with van der Waals surface area (Å²) in [7, 11) is 1.64. The Morgan fingerprint density at radius 3 is 2.50 bits per heavy atom. The van der Waals surface area contributed by atoms with Crippen LogP contribution >= 0.6 is 11.8 Å². The predicted molar refractivity (Wildman–Crippen MR) is 141 cm³/mol. The van der Waals surface area contributed by atoms with Gasteiger partial charge < -0.3 is 14.4 Å². The number of rotatable bonds is 7. The second kappa shape index (κ2) is 11.0. The van der Waals surface area contributed by atoms with Crippen LogP contribution in [0.25, 0.3) is 17.1 Å². The third-order valence-corrected chi connectivity index (χ3v) is 6.43. The van der Waals surface area contributed by atoms with Gasteiger partial charge in [-0.05, 0) is 42.0 Å². The molecule has 0 amide bonds. The van der Waals surface area contributed by atoms with E-state index in [-0.39, 0.29) is 5.75 Å². The zero-order valence-corrected chi connectivity index (χ0v) is 20.9. The van der Waals surface area contributed by atoms with Gasteiger partial charge >= 0.3 is 6.36 Å². The van der Waals surface area contributed by atoms with E-state index in [4.69, 9.17) is 4.74 Å². The Kier molecular flexibility index (Phi) is 7.31. The number of thioether (sulfide) groups is 1. The SMILES string of the molecule is COc1cccc(N2CCS/C2=N\N=C\c2ccc(-c3ncn(-c4ccc(OC(F)(F)F)cc4)n3)cc2)c1. The summed E-state index contributed by atoms with van der Waals surface area (Å²) in [5, 5.41) is 13.9. The summed E-state index contributed by atoms with van der Waals surface area (Å²) in [6.45, 7) is 0.839. The van der Waals surface area contributed by atoms with Crippen LogP contribution in [0.5, 0.6) is 11.5 Å². The Hall–Kier alpha value is -4.32. The average Bonchev–Trinajstić information content (AvgIpc) is 3.59. The highest BCUT2D eigenvalue weighted by molar-refractivity contribution is 8.14. The maximum Gasteiger partial charge on any atom is 0.573 e. The normalized spacial score (nSPS) is 14.9. The lowest BCUT2D eigenvalue weighted by atomic mass is 10.1. The van der Waals surface area contributed by atoms with Crippen LogP contribution in [-0.2, 0) is 0 Å². The third kappa shape index (κ3) is 6.14. The summed E-state index contributed by atoms with van der Waals surface area (Å²) in [6.07, 6.45) is -1.57. The van der Waals surface area contributed by atoms with Crippen LogP contribution in [0.15, 0.2) is 89.3 Å². The number of amidine groups is 1. The van der Waals surface area contributed by atoms with Crippen molar-refractivity contribution in [3.05, 3.63) is 84.7 Å². The van der Waals surface area contributed by atoms with Gasteiger partial charge in [-0.15, -0.1) is 23.4 Å². The number of methoxy groups -OCH3 is 1. The molecule has 2 heterocycles. The van der Waals surface area contributed by atoms with E-state index in [0.717, 1.165) is 40.0 Å². The van der Waals surface area contributed by atoms with Crippen LogP contribution in [0.2, 0.25) is 0 Å². The molecule has 1 aromatic heterocycles. The Morgan fingerprint density at radius 2 is 1.76 bits per heavy atom. The molecule has 3 aromatic carbocycles. The minimum atomic E-state index is -4.74. The van der Waals surface area contributed by atoms with Gasteiger partial charge in [0.15, 0.2) is 11.0 Å². The molecule has 12 heteroatoms. The van der Waals surface area contributed by atoms with Gasteiger partial charge in [-0.25, -0.2) is 9.67 Å². The maximum absolute atomic E-state index is 12.4. The lowest BCUT2D eigenvalue weighted by Crippen LogP contribution is -2.23. The second-order valence-electron chi connectivity index (χ2n) is 8.01. The highest BCUT2D eigenvalue weighted by Crippen LogP contribution is 2.28. The Bertz CT molecular complexity index is 1450. The van der Waals surface area contributed by atoms with E-state index in [1.165, 1.54) is 35.3 Å². The van der Waals surface area contributed by atoms with Crippen molar-refractivity contribution >= 4 is 28.8 Å². The number of anilines is 1. The molecule has 0 spiro atoms. The van der Waals surface area contributed by atoms with E-state index < -0.39 is 6.36 Å². The highest BCUT2D eigenvalue weighted by atomic mass is 32.2. The lowest BCUT2D eigenvalue weighted by molar-refractivity contribution is -0.274. The van der Waals surface area contributed by atoms with Crippen molar-refractivity contribution in [3.63, 3.8) is 0 Å². The van der Waals surface area contributed by atoms with E-state index in [9.17, 15) is 13.2 Å². The van der Waals surface area contributed by atoms with Crippen molar-refractivity contribution in [1.82, 2.24) is 14.8 Å². The molecule has 5 rings (SSSR count). The van der Waals surface area contributed by atoms with Crippen molar-refractivity contribution in [1.29, 1.82) is 0 Å². The summed E-state index contributed by atoms with van der Waals surface area (Å²) in [5.74, 6) is 1.88. The molecule has 1 fully saturated rings. The molecule has 1 aliphatic rings. The van der Waals surface area contributed by atoms with E-state index in [0.29, 0.717) is 11.5 Å². The number of hydrogen-bond donors (Lipinski definition) is 0. The second-order valence-corrected chi connectivity index (χ2v) is 9.07. The topological polar surface area (TPSA) is 77.1 Å². The minimum absolute atomic E-state index is 0.302. The first-order valence-electron chi connectivity index (χ1n) is 11.4. The fourth-order valence-electron chi connectivity index (χ4n) is 3.69. The monoisotopic (exact) mass is 538 g/mol. The van der Waals surface area contributed by atoms with Gasteiger partial charge in [0.2, 0.25) is 0 Å². The molecular formula is C26H21F3N6O2S. The molecule has 0 bridgehead atoms. The Labute approximate surface area is 220 Å². The van der Waals surface area contributed by atoms with E-state index in [1.54, 1.807) is 25.1 Å². The van der Waals surface area contributed by atoms with Crippen LogP contribution in [-0.4, -0.2) is 51.9 Å². The summed E-state index contributed by atoms with van der Waals surface area (Å²) in [6, 6.07) is 20.7. The largest absolute Gasteiger partial charge is 0.573 e. The van der Waals surface area contributed by atoms with E-state index >= 15 is 0 Å². The smallest absolute Gasteiger partial charge is 0.497 e. The Morgan fingerprint density at radius 1 is 0.974 bits per heavy atom. The Balaban J connectivity index is 1.24. The zero-order chi connectivity index (χ0) is 26.5. The molecule has 0 saturated carbocycles. The molecule has 1 aliphatic heterocycles. The molecular weight excluding hydrogens is 517 g/mol. The number of halogens is 3. The van der Waals surface area contributed by atoms with Crippen molar-refractivity contribution in [2.45, 2.75) is 6.36 Å². The van der Waals surface area contributed by atoms with Crippen molar-refractivity contribution in [2.75, 3.05) is 24.3 Å². The molecule has 0 radical (unpaired) electrons. The summed E-state index contributed by atoms with van der Waals surface area (Å²) in [4.78, 5) is 6.41. The standard InChI is InChI=1S/C26H21F3N6O2S/c1-36-23-4-2-3-21(15-23)34-13-14-38-25(34)32-31-16-18-5-7-19(8-6-18)24-30-17-35(33-24)20-9-11-22(12-10-20)37-26(27,28)29/h2-12,15-17H,13-14H2,1H3/b31-16+,32-25-. The number of ether oxygens (including phenoxy) is 2. The zero-order valence-electron chi connectivity index (χ0n) is 20.0. The summed E-state index contributed by atoms with van der Waals surface area (Å²) >= 11 is 1.64. The van der Waals surface area contributed by atoms with Gasteiger partial charge in [-0.2, -0.15) is 5.10 Å². The first-order valence-corrected chi connectivity index (χ1v) is 12.4. The van der Waals surface area contributed by atoms with Crippen LogP contribution in [0.1, 0.15) is 5.56 Å². The van der Waals surface area contributed by atoms with Gasteiger partial charge in [0.05, 0.1) is 19.0 Å². The molecule has 194 valence electrons. The number of alkyl halides is 3. The van der Waals surface area contributed by atoms with Gasteiger partial charge in [0.1, 0.15) is 17.8 Å². The maximum atomic E-state index is 12.4. The number of benzene rings is 3. The number of hydrogen-bond acceptors (Lipinski definition) is 7. The molecule has 4 aromatic rings. The molecule has 0 N–H and O–H groups in total. The molecule has 0 aliphatic carbocycles. The van der Waals surface area contributed by atoms with Crippen molar-refractivity contribution in [3.8, 4) is 28.6 Å². The quantitative estimate of drug-likeness (QED) is 0.219. The van der Waals surface area contributed by atoms with Crippen LogP contribution in [0.4, 0.5) is 18.9 Å². The number of nitrogens with zero attached hydrogens (tertiary/aromatic N) is 6. The molecule has 0 unspecified atom stereocenters. The van der Waals surface area contributed by atoms with Gasteiger partial charge in [0, 0.05) is 29.6 Å². The molecule has 38 heavy (non-hydrogen) atoms. The minimum Gasteiger partial charge on any atom is -0.497 e. The average molecular weight is 539 g/mol. The van der Waals surface area contributed by atoms with Gasteiger partial charge in [0.25, 0.3) is 0 Å². The molecule has 1 saturated heterocycles. The third-order valence-electron chi connectivity index (χ3n) is 5.49. The van der Waals surface area contributed by atoms with E-state index in [1.807, 2.05) is 48.5 Å². The summed E-state index contributed by atoms with van der Waals surface area (Å²) < 4.78 is 47.8. The first kappa shape index (κ1) is 25.3. The van der Waals surface area contributed by atoms with E-state index in [2.05, 4.69) is 29.9 Å². The first-order chi connectivity index (χ1) is 18.4. The van der Waals surface area contributed by atoms with Crippen LogP contribution in [0.3, 0.4) is 0 Å². The molecule has 8 nitrogen and oxygen atoms in total. The van der Waals surface area contributed by atoms with Crippen LogP contribution < -0.4 is 14.4 Å². The van der Waals surface area contributed by atoms with Crippen molar-refractivity contribution < 1.29 is 22.6 Å². The van der Waals surface area contributed by atoms with Gasteiger partial charge in [-0.3, -0.25) is 0 Å². The van der Waals surface area contributed by atoms with Crippen molar-refractivity contribution in [2.24, 2.45) is 10.2 Å². The molecule has 0 atom stereocenters. The lowest BCUT2D eigenvalue weighted by Gasteiger charge is -2.17. The highest BCUT2D eigenvalue weighted by Gasteiger charge is 2.31. The fraction of sp³-hybridized carbons (Fsp3) is 0.154. The fourth-order valence-corrected chi connectivity index (χ4v) is 4.60.